The number of fused-ring (bicyclic) bond motifs is 1. The lowest BCUT2D eigenvalue weighted by atomic mass is 9.32. The summed E-state index contributed by atoms with van der Waals surface area (Å²) in [6.07, 6.45) is 13.8. The average molecular weight is 693 g/mol. The van der Waals surface area contributed by atoms with E-state index in [-0.39, 0.29) is 53.2 Å². The van der Waals surface area contributed by atoms with Crippen molar-refractivity contribution in [3.63, 3.8) is 0 Å². The van der Waals surface area contributed by atoms with Gasteiger partial charge in [0.05, 0.1) is 24.4 Å². The van der Waals surface area contributed by atoms with E-state index in [4.69, 9.17) is 4.74 Å². The highest BCUT2D eigenvalue weighted by atomic mass is 16.5. The normalized spacial score (nSPS) is 39.2. The topological polar surface area (TPSA) is 99.1 Å². The molecule has 1 heterocycles. The lowest BCUT2D eigenvalue weighted by Crippen LogP contribution is -2.67. The third-order valence-electron chi connectivity index (χ3n) is 14.8. The van der Waals surface area contributed by atoms with Gasteiger partial charge in [-0.1, -0.05) is 86.7 Å². The van der Waals surface area contributed by atoms with Gasteiger partial charge < -0.3 is 25.2 Å². The number of carbonyl (C=O) groups is 2. The van der Waals surface area contributed by atoms with Crippen LogP contribution >= 0.6 is 0 Å². The molecule has 4 fully saturated rings. The van der Waals surface area contributed by atoms with E-state index in [1.165, 1.54) is 0 Å². The van der Waals surface area contributed by atoms with Crippen molar-refractivity contribution in [3.05, 3.63) is 84.0 Å². The molecular weight excluding hydrogens is 636 g/mol. The summed E-state index contributed by atoms with van der Waals surface area (Å²) in [5, 5.41) is 27.1. The minimum atomic E-state index is -1.13. The number of Topliss-reactive ketones (excluding diaryl/α,β-unsaturated/α-hetero) is 1. The van der Waals surface area contributed by atoms with Crippen LogP contribution in [0, 0.1) is 33.5 Å². The van der Waals surface area contributed by atoms with Gasteiger partial charge in [0.2, 0.25) is 0 Å². The number of amides is 2. The van der Waals surface area contributed by atoms with Gasteiger partial charge in [-0.05, 0) is 100 Å². The Bertz CT molecular complexity index is 1730. The number of ether oxygens (including phenoxy) is 1. The number of aliphatic hydroxyl groups is 2. The number of ketones is 1. The average Bonchev–Trinajstić information content (AvgIpc) is 3.73. The Balaban J connectivity index is 1.18. The molecule has 51 heavy (non-hydrogen) atoms. The fourth-order valence-electron chi connectivity index (χ4n) is 12.1. The molecule has 2 amide bonds. The molecule has 2 aromatic carbocycles. The van der Waals surface area contributed by atoms with Crippen molar-refractivity contribution >= 4 is 11.8 Å². The Kier molecular flexibility index (Phi) is 8.47. The first-order valence-electron chi connectivity index (χ1n) is 19.6. The number of rotatable bonds is 8. The molecule has 1 unspecified atom stereocenters. The molecule has 2 spiro atoms. The largest absolute Gasteiger partial charge is 0.393 e. The van der Waals surface area contributed by atoms with Crippen molar-refractivity contribution in [2.24, 2.45) is 33.5 Å². The molecule has 9 rings (SSSR count). The van der Waals surface area contributed by atoms with Crippen LogP contribution in [0.15, 0.2) is 78.4 Å². The van der Waals surface area contributed by atoms with Gasteiger partial charge in [-0.15, -0.1) is 0 Å². The third-order valence-corrected chi connectivity index (χ3v) is 14.8. The zero-order chi connectivity index (χ0) is 35.8. The number of urea groups is 1. The van der Waals surface area contributed by atoms with E-state index < -0.39 is 22.5 Å². The molecular formula is C44H56N2O5. The first-order chi connectivity index (χ1) is 24.3. The van der Waals surface area contributed by atoms with Crippen molar-refractivity contribution in [2.75, 3.05) is 19.7 Å². The van der Waals surface area contributed by atoms with Crippen molar-refractivity contribution in [1.82, 2.24) is 10.2 Å². The summed E-state index contributed by atoms with van der Waals surface area (Å²) >= 11 is 0. The van der Waals surface area contributed by atoms with E-state index >= 15 is 4.79 Å². The lowest BCUT2D eigenvalue weighted by molar-refractivity contribution is -0.175. The van der Waals surface area contributed by atoms with Crippen LogP contribution in [0.2, 0.25) is 0 Å². The minimum absolute atomic E-state index is 0.0171. The molecule has 9 atom stereocenters. The number of hydrogen-bond acceptors (Lipinski definition) is 5. The SMILES string of the molecule is CC(C)NC(=O)N(C[C@H]1CCCO1)C[C@]1(O)CC[C@H]2[C@]34C=C[C@@]5(C=C3C(=O)c3ccc(-c6ccccc6)cc3)CC(O)CC[C@]5(C)[C@H]4CC[C@@]21C. The van der Waals surface area contributed by atoms with Gasteiger partial charge in [0.1, 0.15) is 0 Å². The quantitative estimate of drug-likeness (QED) is 0.194. The molecule has 1 aliphatic heterocycles. The van der Waals surface area contributed by atoms with Crippen molar-refractivity contribution in [2.45, 2.75) is 109 Å². The van der Waals surface area contributed by atoms with E-state index in [2.05, 4.69) is 49.5 Å². The third kappa shape index (κ3) is 5.23. The van der Waals surface area contributed by atoms with Crippen molar-refractivity contribution in [3.8, 4) is 11.1 Å². The molecule has 272 valence electrons. The van der Waals surface area contributed by atoms with Crippen LogP contribution in [0.1, 0.15) is 95.8 Å². The molecule has 0 radical (unpaired) electrons. The molecule has 3 saturated carbocycles. The summed E-state index contributed by atoms with van der Waals surface area (Å²) in [5.74, 6) is 0.285. The lowest BCUT2D eigenvalue weighted by Gasteiger charge is -2.71. The summed E-state index contributed by atoms with van der Waals surface area (Å²) in [7, 11) is 0. The van der Waals surface area contributed by atoms with Gasteiger partial charge in [0.15, 0.2) is 5.78 Å². The Morgan fingerprint density at radius 1 is 0.902 bits per heavy atom. The monoisotopic (exact) mass is 692 g/mol. The highest BCUT2D eigenvalue weighted by molar-refractivity contribution is 6.10. The van der Waals surface area contributed by atoms with E-state index in [1.54, 1.807) is 0 Å². The maximum absolute atomic E-state index is 15.1. The number of benzene rings is 2. The van der Waals surface area contributed by atoms with E-state index in [9.17, 15) is 15.0 Å². The van der Waals surface area contributed by atoms with Crippen molar-refractivity contribution < 1.29 is 24.5 Å². The standard InChI is InChI=1S/C44H56N2O5/c1-29(2)45-39(49)46(27-34-11-8-24-51-34)28-43(50)21-18-37-41(43,4)20-17-36-40(3)19-16-33(47)25-42(40)22-23-44(36,37)35(26-42)38(48)32-14-12-31(13-15-32)30-9-6-5-7-10-30/h5-7,9-10,12-15,22-23,26,29,33-34,36-37,47,50H,8,11,16-21,24-25,27-28H2,1-4H3,(H,45,49)/t33?,34-,36-,37-,40-,41+,42+,43-,44-/m1/s1. The van der Waals surface area contributed by atoms with Crippen LogP contribution in [-0.4, -0.2) is 70.5 Å². The van der Waals surface area contributed by atoms with E-state index in [0.717, 1.165) is 61.6 Å². The van der Waals surface area contributed by atoms with Gasteiger partial charge in [-0.3, -0.25) is 4.79 Å². The number of nitrogens with zero attached hydrogens (tertiary/aromatic N) is 1. The summed E-state index contributed by atoms with van der Waals surface area (Å²) in [6.45, 7) is 10.00. The molecule has 2 bridgehead atoms. The molecule has 7 nitrogen and oxygen atoms in total. The van der Waals surface area contributed by atoms with Gasteiger partial charge in [-0.25, -0.2) is 4.79 Å². The summed E-state index contributed by atoms with van der Waals surface area (Å²) in [6, 6.07) is 18.1. The minimum Gasteiger partial charge on any atom is -0.393 e. The second kappa shape index (κ2) is 12.4. The van der Waals surface area contributed by atoms with Crippen LogP contribution in [0.25, 0.3) is 11.1 Å². The molecule has 0 aromatic heterocycles. The van der Waals surface area contributed by atoms with E-state index in [0.29, 0.717) is 31.6 Å². The fraction of sp³-hybridized carbons (Fsp3) is 0.591. The molecule has 3 N–H and O–H groups in total. The number of hydrogen-bond donors (Lipinski definition) is 3. The number of carbonyl (C=O) groups excluding carboxylic acids is 2. The van der Waals surface area contributed by atoms with Crippen LogP contribution in [-0.2, 0) is 4.74 Å². The van der Waals surface area contributed by atoms with Crippen LogP contribution < -0.4 is 5.32 Å². The number of allylic oxidation sites excluding steroid dienone is 4. The highest BCUT2D eigenvalue weighted by Gasteiger charge is 2.74. The fourth-order valence-corrected chi connectivity index (χ4v) is 12.1. The Labute approximate surface area is 303 Å². The van der Waals surface area contributed by atoms with Gasteiger partial charge in [-0.2, -0.15) is 0 Å². The second-order valence-corrected chi connectivity index (χ2v) is 17.7. The first-order valence-corrected chi connectivity index (χ1v) is 19.6. The summed E-state index contributed by atoms with van der Waals surface area (Å²) < 4.78 is 5.99. The second-order valence-electron chi connectivity index (χ2n) is 17.7. The van der Waals surface area contributed by atoms with Crippen LogP contribution in [0.5, 0.6) is 0 Å². The van der Waals surface area contributed by atoms with Gasteiger partial charge in [0, 0.05) is 46.6 Å². The number of aliphatic hydroxyl groups excluding tert-OH is 1. The number of nitrogens with one attached hydrogen (secondary N) is 1. The first kappa shape index (κ1) is 34.8. The molecule has 2 aromatic rings. The highest BCUT2D eigenvalue weighted by Crippen LogP contribution is 2.78. The zero-order valence-electron chi connectivity index (χ0n) is 30.9. The Hall–Kier alpha value is -3.26. The summed E-state index contributed by atoms with van der Waals surface area (Å²) in [5.41, 5.74) is 1.02. The van der Waals surface area contributed by atoms with Crippen LogP contribution in [0.4, 0.5) is 4.79 Å². The van der Waals surface area contributed by atoms with E-state index in [1.807, 2.05) is 61.2 Å². The molecule has 1 saturated heterocycles. The van der Waals surface area contributed by atoms with Gasteiger partial charge in [0.25, 0.3) is 0 Å². The maximum atomic E-state index is 15.1. The molecule has 7 aliphatic rings. The predicted octanol–water partition coefficient (Wildman–Crippen LogP) is 7.73. The zero-order valence-corrected chi connectivity index (χ0v) is 30.9. The molecule has 7 heteroatoms. The van der Waals surface area contributed by atoms with Crippen LogP contribution in [0.3, 0.4) is 0 Å². The predicted molar refractivity (Wildman–Crippen MR) is 199 cm³/mol. The summed E-state index contributed by atoms with van der Waals surface area (Å²) in [4.78, 5) is 30.6. The smallest absolute Gasteiger partial charge is 0.317 e. The maximum Gasteiger partial charge on any atom is 0.317 e. The molecule has 6 aliphatic carbocycles. The Morgan fingerprint density at radius 3 is 2.29 bits per heavy atom. The Morgan fingerprint density at radius 2 is 1.59 bits per heavy atom. The van der Waals surface area contributed by atoms with Crippen molar-refractivity contribution in [1.29, 1.82) is 0 Å². The van der Waals surface area contributed by atoms with Gasteiger partial charge >= 0.3 is 6.03 Å².